The third kappa shape index (κ3) is 2.23. The Balaban J connectivity index is 2.70. The summed E-state index contributed by atoms with van der Waals surface area (Å²) < 4.78 is 0. The van der Waals surface area contributed by atoms with Crippen molar-refractivity contribution >= 4 is 18.2 Å². The molecule has 0 aromatic carbocycles. The van der Waals surface area contributed by atoms with E-state index in [0.29, 0.717) is 18.0 Å². The number of nitro groups is 1. The zero-order chi connectivity index (χ0) is 8.97. The van der Waals surface area contributed by atoms with Crippen LogP contribution in [-0.4, -0.2) is 28.5 Å². The molecule has 0 aromatic rings. The number of amides is 1. The molecule has 0 N–H and O–H groups in total. The van der Waals surface area contributed by atoms with E-state index in [1.165, 1.54) is 16.7 Å². The van der Waals surface area contributed by atoms with Crippen molar-refractivity contribution in [2.24, 2.45) is 0 Å². The second-order valence-corrected chi connectivity index (χ2v) is 3.37. The zero-order valence-corrected chi connectivity index (χ0v) is 7.12. The lowest BCUT2D eigenvalue weighted by atomic mass is 10.4. The van der Waals surface area contributed by atoms with Crippen LogP contribution in [-0.2, 0) is 4.79 Å². The number of hydrogen-bond acceptors (Lipinski definition) is 4. The molecule has 1 amide bonds. The van der Waals surface area contributed by atoms with Gasteiger partial charge in [0.1, 0.15) is 5.03 Å². The highest BCUT2D eigenvalue weighted by molar-refractivity contribution is 8.03. The van der Waals surface area contributed by atoms with Crippen molar-refractivity contribution in [3.05, 3.63) is 21.3 Å². The lowest BCUT2D eigenvalue weighted by Gasteiger charge is -2.22. The van der Waals surface area contributed by atoms with E-state index in [2.05, 4.69) is 0 Å². The summed E-state index contributed by atoms with van der Waals surface area (Å²) in [7, 11) is 0. The molecule has 0 atom stereocenters. The molecule has 0 spiro atoms. The van der Waals surface area contributed by atoms with E-state index in [0.717, 1.165) is 18.4 Å². The summed E-state index contributed by atoms with van der Waals surface area (Å²) >= 11 is 1.34. The Hall–Kier alpha value is -1.04. The quantitative estimate of drug-likeness (QED) is 0.362. The minimum absolute atomic E-state index is 0.432. The van der Waals surface area contributed by atoms with Crippen molar-refractivity contribution < 1.29 is 9.72 Å². The van der Waals surface area contributed by atoms with Gasteiger partial charge < -0.3 is 4.90 Å². The highest BCUT2D eigenvalue weighted by Gasteiger charge is 2.17. The molecule has 0 bridgehead atoms. The SMILES string of the molecule is O=CN1CCCSC1=C[N+](=O)[O-]. The van der Waals surface area contributed by atoms with E-state index >= 15 is 0 Å². The van der Waals surface area contributed by atoms with Gasteiger partial charge in [-0.05, 0) is 6.42 Å². The van der Waals surface area contributed by atoms with Crippen LogP contribution in [0, 0.1) is 10.1 Å². The first-order valence-electron chi connectivity index (χ1n) is 3.44. The summed E-state index contributed by atoms with van der Waals surface area (Å²) in [5.74, 6) is 0.837. The number of rotatable bonds is 2. The van der Waals surface area contributed by atoms with E-state index in [-0.39, 0.29) is 0 Å². The molecule has 0 saturated carbocycles. The molecule has 1 fully saturated rings. The Bertz CT molecular complexity index is 229. The van der Waals surface area contributed by atoms with Gasteiger partial charge in [-0.3, -0.25) is 14.9 Å². The lowest BCUT2D eigenvalue weighted by Crippen LogP contribution is -2.25. The second-order valence-electron chi connectivity index (χ2n) is 2.25. The molecular weight excluding hydrogens is 180 g/mol. The molecule has 5 nitrogen and oxygen atoms in total. The fourth-order valence-electron chi connectivity index (χ4n) is 0.911. The number of hydrogen-bond donors (Lipinski definition) is 0. The maximum Gasteiger partial charge on any atom is 0.264 e. The minimum Gasteiger partial charge on any atom is -0.304 e. The van der Waals surface area contributed by atoms with E-state index in [1.807, 2.05) is 0 Å². The fourth-order valence-corrected chi connectivity index (χ4v) is 1.85. The van der Waals surface area contributed by atoms with Crippen molar-refractivity contribution in [3.8, 4) is 0 Å². The second kappa shape index (κ2) is 4.10. The summed E-state index contributed by atoms with van der Waals surface area (Å²) in [6.07, 6.45) is 2.39. The van der Waals surface area contributed by atoms with Gasteiger partial charge in [-0.25, -0.2) is 0 Å². The Morgan fingerprint density at radius 2 is 2.42 bits per heavy atom. The van der Waals surface area contributed by atoms with Crippen molar-refractivity contribution in [2.75, 3.05) is 12.3 Å². The normalized spacial score (nSPS) is 21.0. The molecule has 6 heteroatoms. The van der Waals surface area contributed by atoms with Gasteiger partial charge in [0, 0.05) is 12.3 Å². The van der Waals surface area contributed by atoms with E-state index in [1.54, 1.807) is 0 Å². The molecule has 0 aliphatic carbocycles. The van der Waals surface area contributed by atoms with Crippen LogP contribution in [0.1, 0.15) is 6.42 Å². The van der Waals surface area contributed by atoms with Gasteiger partial charge in [-0.1, -0.05) is 0 Å². The van der Waals surface area contributed by atoms with Crippen LogP contribution in [0.25, 0.3) is 0 Å². The molecule has 1 rings (SSSR count). The Labute approximate surface area is 73.6 Å². The number of carbonyl (C=O) groups is 1. The van der Waals surface area contributed by atoms with Crippen molar-refractivity contribution in [3.63, 3.8) is 0 Å². The van der Waals surface area contributed by atoms with Gasteiger partial charge in [0.05, 0.1) is 4.92 Å². The molecule has 1 aliphatic heterocycles. The largest absolute Gasteiger partial charge is 0.304 e. The van der Waals surface area contributed by atoms with Crippen molar-refractivity contribution in [2.45, 2.75) is 6.42 Å². The maximum atomic E-state index is 10.4. The molecule has 1 heterocycles. The van der Waals surface area contributed by atoms with Crippen molar-refractivity contribution in [1.29, 1.82) is 0 Å². The summed E-state index contributed by atoms with van der Waals surface area (Å²) in [5.41, 5.74) is 0. The van der Waals surface area contributed by atoms with Crippen LogP contribution in [0.5, 0.6) is 0 Å². The monoisotopic (exact) mass is 188 g/mol. The van der Waals surface area contributed by atoms with E-state index < -0.39 is 4.92 Å². The topological polar surface area (TPSA) is 63.5 Å². The van der Waals surface area contributed by atoms with E-state index in [4.69, 9.17) is 0 Å². The van der Waals surface area contributed by atoms with Gasteiger partial charge in [0.25, 0.3) is 6.20 Å². The third-order valence-electron chi connectivity index (χ3n) is 1.42. The van der Waals surface area contributed by atoms with Crippen LogP contribution in [0.4, 0.5) is 0 Å². The first kappa shape index (κ1) is 9.05. The Morgan fingerprint density at radius 3 is 3.00 bits per heavy atom. The summed E-state index contributed by atoms with van der Waals surface area (Å²) in [5, 5.41) is 10.5. The predicted molar refractivity (Wildman–Crippen MR) is 44.9 cm³/mol. The standard InChI is InChI=1S/C6H8N2O3S/c9-5-7-2-1-3-12-6(7)4-8(10)11/h4-5H,1-3H2. The maximum absolute atomic E-state index is 10.4. The van der Waals surface area contributed by atoms with Gasteiger partial charge >= 0.3 is 0 Å². The molecule has 0 unspecified atom stereocenters. The molecule has 0 aromatic heterocycles. The summed E-state index contributed by atoms with van der Waals surface area (Å²) in [6.45, 7) is 0.580. The molecule has 0 radical (unpaired) electrons. The molecule has 12 heavy (non-hydrogen) atoms. The number of thioether (sulfide) groups is 1. The van der Waals surface area contributed by atoms with Crippen molar-refractivity contribution in [1.82, 2.24) is 4.90 Å². The fraction of sp³-hybridized carbons (Fsp3) is 0.500. The van der Waals surface area contributed by atoms with Crippen LogP contribution in [0.2, 0.25) is 0 Å². The summed E-state index contributed by atoms with van der Waals surface area (Å²) in [6, 6.07) is 0. The summed E-state index contributed by atoms with van der Waals surface area (Å²) in [4.78, 5) is 21.3. The predicted octanol–water partition coefficient (Wildman–Crippen LogP) is 0.657. The Kier molecular flexibility index (Phi) is 3.09. The van der Waals surface area contributed by atoms with Crippen LogP contribution in [0.3, 0.4) is 0 Å². The van der Waals surface area contributed by atoms with Gasteiger partial charge in [0.15, 0.2) is 0 Å². The molecular formula is C6H8N2O3S. The highest BCUT2D eigenvalue weighted by atomic mass is 32.2. The number of nitrogens with zero attached hydrogens (tertiary/aromatic N) is 2. The van der Waals surface area contributed by atoms with Gasteiger partial charge in [-0.2, -0.15) is 0 Å². The smallest absolute Gasteiger partial charge is 0.264 e. The first-order valence-corrected chi connectivity index (χ1v) is 4.42. The lowest BCUT2D eigenvalue weighted by molar-refractivity contribution is -0.403. The van der Waals surface area contributed by atoms with Gasteiger partial charge in [0.2, 0.25) is 6.41 Å². The highest BCUT2D eigenvalue weighted by Crippen LogP contribution is 2.24. The minimum atomic E-state index is -0.538. The van der Waals surface area contributed by atoms with Gasteiger partial charge in [-0.15, -0.1) is 11.8 Å². The molecule has 1 saturated heterocycles. The first-order chi connectivity index (χ1) is 5.74. The zero-order valence-electron chi connectivity index (χ0n) is 6.30. The number of carbonyl (C=O) groups excluding carboxylic acids is 1. The third-order valence-corrected chi connectivity index (χ3v) is 2.55. The van der Waals surface area contributed by atoms with Crippen LogP contribution >= 0.6 is 11.8 Å². The molecule has 1 aliphatic rings. The van der Waals surface area contributed by atoms with E-state index in [9.17, 15) is 14.9 Å². The van der Waals surface area contributed by atoms with Crippen LogP contribution < -0.4 is 0 Å². The van der Waals surface area contributed by atoms with Crippen LogP contribution in [0.15, 0.2) is 11.2 Å². The Morgan fingerprint density at radius 1 is 1.67 bits per heavy atom. The average Bonchev–Trinajstić information content (AvgIpc) is 2.04. The average molecular weight is 188 g/mol. The molecule has 66 valence electrons.